The number of hydrogen-bond donors (Lipinski definition) is 2. The van der Waals surface area contributed by atoms with Crippen LogP contribution in [0.5, 0.6) is 0 Å². The summed E-state index contributed by atoms with van der Waals surface area (Å²) >= 11 is 0. The molecule has 0 fully saturated rings. The number of nitrogens with one attached hydrogen (secondary N) is 2. The molecule has 12 heteroatoms. The van der Waals surface area contributed by atoms with Crippen LogP contribution in [-0.4, -0.2) is 42.9 Å². The van der Waals surface area contributed by atoms with Crippen LogP contribution in [0.2, 0.25) is 0 Å². The van der Waals surface area contributed by atoms with Gasteiger partial charge in [-0.1, -0.05) is 6.07 Å². The summed E-state index contributed by atoms with van der Waals surface area (Å²) in [6.07, 6.45) is -1.58. The molecule has 0 aliphatic rings. The van der Waals surface area contributed by atoms with Gasteiger partial charge < -0.3 is 10.6 Å². The molecule has 0 spiro atoms. The Morgan fingerprint density at radius 2 is 1.75 bits per heavy atom. The zero-order valence-corrected chi connectivity index (χ0v) is 19.4. The predicted octanol–water partition coefficient (Wildman–Crippen LogP) is 3.39. The molecule has 2 amide bonds. The second kappa shape index (κ2) is 10.0. The summed E-state index contributed by atoms with van der Waals surface area (Å²) < 4.78 is 42.2. The molecule has 2 heterocycles. The van der Waals surface area contributed by atoms with Gasteiger partial charge in [-0.2, -0.15) is 23.4 Å². The van der Waals surface area contributed by atoms with Gasteiger partial charge in [0.2, 0.25) is 11.8 Å². The van der Waals surface area contributed by atoms with Crippen molar-refractivity contribution < 1.29 is 22.8 Å². The highest BCUT2D eigenvalue weighted by Gasteiger charge is 2.30. The number of nitrogens with zero attached hydrogens (tertiary/aromatic N) is 5. The number of carbonyl (C=O) groups excluding carboxylic acids is 2. The summed E-state index contributed by atoms with van der Waals surface area (Å²) in [6, 6.07) is 11.7. The maximum atomic E-state index is 13.1. The molecule has 2 aromatic heterocycles. The summed E-state index contributed by atoms with van der Waals surface area (Å²) in [5.74, 6) is -0.827. The Balaban J connectivity index is 1.35. The van der Waals surface area contributed by atoms with Crippen molar-refractivity contribution in [2.24, 2.45) is 0 Å². The molecule has 36 heavy (non-hydrogen) atoms. The molecular weight excluding hydrogens is 475 g/mol. The Kier molecular flexibility index (Phi) is 6.86. The fourth-order valence-electron chi connectivity index (χ4n) is 3.64. The SMILES string of the molecule is Cc1nn(-c2cccc(C(F)(F)F)c2)c(C)c1CC(=O)NCC(=O)Nc1ccc(-n2cncn2)cc1. The van der Waals surface area contributed by atoms with Gasteiger partial charge in [-0.3, -0.25) is 9.59 Å². The zero-order chi connectivity index (χ0) is 25.9. The summed E-state index contributed by atoms with van der Waals surface area (Å²) in [6.45, 7) is 3.11. The molecule has 0 saturated heterocycles. The number of hydrogen-bond acceptors (Lipinski definition) is 5. The van der Waals surface area contributed by atoms with Crippen molar-refractivity contribution in [3.63, 3.8) is 0 Å². The highest BCUT2D eigenvalue weighted by molar-refractivity contribution is 5.94. The number of carbonyl (C=O) groups is 2. The standard InChI is InChI=1S/C24H22F3N7O2/c1-15-21(16(2)34(32-15)20-5-3-4-17(10-20)24(25,26)27)11-22(35)29-12-23(36)31-18-6-8-19(9-7-18)33-14-28-13-30-33/h3-10,13-14H,11-12H2,1-2H3,(H,29,35)(H,31,36). The summed E-state index contributed by atoms with van der Waals surface area (Å²) in [7, 11) is 0. The normalized spacial score (nSPS) is 11.4. The average molecular weight is 497 g/mol. The van der Waals surface area contributed by atoms with Crippen LogP contribution in [0.4, 0.5) is 18.9 Å². The van der Waals surface area contributed by atoms with E-state index in [1.54, 1.807) is 49.1 Å². The van der Waals surface area contributed by atoms with Gasteiger partial charge in [-0.05, 0) is 56.3 Å². The molecule has 2 N–H and O–H groups in total. The van der Waals surface area contributed by atoms with Crippen LogP contribution in [-0.2, 0) is 22.2 Å². The van der Waals surface area contributed by atoms with Gasteiger partial charge in [0.15, 0.2) is 0 Å². The monoisotopic (exact) mass is 497 g/mol. The van der Waals surface area contributed by atoms with Crippen molar-refractivity contribution in [1.82, 2.24) is 29.9 Å². The maximum Gasteiger partial charge on any atom is 0.416 e. The maximum absolute atomic E-state index is 13.1. The van der Waals surface area contributed by atoms with E-state index >= 15 is 0 Å². The second-order valence-corrected chi connectivity index (χ2v) is 8.00. The van der Waals surface area contributed by atoms with E-state index in [9.17, 15) is 22.8 Å². The first kappa shape index (κ1) is 24.6. The highest BCUT2D eigenvalue weighted by atomic mass is 19.4. The first-order chi connectivity index (χ1) is 17.1. The molecule has 0 atom stereocenters. The van der Waals surface area contributed by atoms with E-state index in [1.807, 2.05) is 0 Å². The van der Waals surface area contributed by atoms with Gasteiger partial charge in [-0.15, -0.1) is 0 Å². The first-order valence-electron chi connectivity index (χ1n) is 10.9. The van der Waals surface area contributed by atoms with Crippen LogP contribution in [0.15, 0.2) is 61.2 Å². The summed E-state index contributed by atoms with van der Waals surface area (Å²) in [5.41, 5.74) is 2.41. The van der Waals surface area contributed by atoms with Crippen molar-refractivity contribution in [1.29, 1.82) is 0 Å². The molecule has 4 aromatic rings. The van der Waals surface area contributed by atoms with E-state index in [-0.39, 0.29) is 18.7 Å². The third-order valence-corrected chi connectivity index (χ3v) is 5.48. The molecular formula is C24H22F3N7O2. The average Bonchev–Trinajstić information content (AvgIpc) is 3.47. The predicted molar refractivity (Wildman–Crippen MR) is 125 cm³/mol. The lowest BCUT2D eigenvalue weighted by molar-refractivity contribution is -0.137. The van der Waals surface area contributed by atoms with E-state index in [4.69, 9.17) is 0 Å². The molecule has 0 saturated carbocycles. The van der Waals surface area contributed by atoms with Crippen LogP contribution in [0.3, 0.4) is 0 Å². The largest absolute Gasteiger partial charge is 0.416 e. The lowest BCUT2D eigenvalue weighted by atomic mass is 10.1. The Hall–Kier alpha value is -4.48. The lowest BCUT2D eigenvalue weighted by Crippen LogP contribution is -2.34. The number of aromatic nitrogens is 5. The lowest BCUT2D eigenvalue weighted by Gasteiger charge is -2.10. The minimum atomic E-state index is -4.48. The van der Waals surface area contributed by atoms with Gasteiger partial charge in [0.05, 0.1) is 35.6 Å². The van der Waals surface area contributed by atoms with Crippen LogP contribution in [0.1, 0.15) is 22.5 Å². The molecule has 0 aliphatic carbocycles. The van der Waals surface area contributed by atoms with Crippen LogP contribution in [0, 0.1) is 13.8 Å². The van der Waals surface area contributed by atoms with E-state index in [2.05, 4.69) is 25.8 Å². The van der Waals surface area contributed by atoms with Crippen molar-refractivity contribution in [3.05, 3.63) is 83.7 Å². The molecule has 0 radical (unpaired) electrons. The minimum absolute atomic E-state index is 0.0729. The van der Waals surface area contributed by atoms with Crippen molar-refractivity contribution in [3.8, 4) is 11.4 Å². The number of rotatable bonds is 7. The molecule has 0 bridgehead atoms. The Morgan fingerprint density at radius 1 is 1.00 bits per heavy atom. The summed E-state index contributed by atoms with van der Waals surface area (Å²) in [5, 5.41) is 13.6. The smallest absolute Gasteiger partial charge is 0.347 e. The number of amides is 2. The highest BCUT2D eigenvalue weighted by Crippen LogP contribution is 2.31. The van der Waals surface area contributed by atoms with Gasteiger partial charge in [0.25, 0.3) is 0 Å². The Morgan fingerprint density at radius 3 is 2.42 bits per heavy atom. The van der Waals surface area contributed by atoms with Crippen LogP contribution >= 0.6 is 0 Å². The van der Waals surface area contributed by atoms with Gasteiger partial charge in [0.1, 0.15) is 12.7 Å². The van der Waals surface area contributed by atoms with E-state index < -0.39 is 23.6 Å². The quantitative estimate of drug-likeness (QED) is 0.407. The Labute approximate surface area is 204 Å². The van der Waals surface area contributed by atoms with E-state index in [0.29, 0.717) is 22.6 Å². The third kappa shape index (κ3) is 5.59. The fourth-order valence-corrected chi connectivity index (χ4v) is 3.64. The molecule has 4 rings (SSSR count). The van der Waals surface area contributed by atoms with Gasteiger partial charge in [0, 0.05) is 16.9 Å². The molecule has 0 aliphatic heterocycles. The van der Waals surface area contributed by atoms with Gasteiger partial charge >= 0.3 is 6.18 Å². The van der Waals surface area contributed by atoms with Gasteiger partial charge in [-0.25, -0.2) is 14.3 Å². The minimum Gasteiger partial charge on any atom is -0.347 e. The van der Waals surface area contributed by atoms with Crippen molar-refractivity contribution >= 4 is 17.5 Å². The Bertz CT molecular complexity index is 1380. The summed E-state index contributed by atoms with van der Waals surface area (Å²) in [4.78, 5) is 28.6. The second-order valence-electron chi connectivity index (χ2n) is 8.00. The van der Waals surface area contributed by atoms with Crippen molar-refractivity contribution in [2.75, 3.05) is 11.9 Å². The number of benzene rings is 2. The number of anilines is 1. The number of aryl methyl sites for hydroxylation is 1. The first-order valence-corrected chi connectivity index (χ1v) is 10.9. The fraction of sp³-hybridized carbons (Fsp3) is 0.208. The third-order valence-electron chi connectivity index (χ3n) is 5.48. The molecule has 0 unspecified atom stereocenters. The molecule has 186 valence electrons. The van der Waals surface area contributed by atoms with Crippen LogP contribution < -0.4 is 10.6 Å². The van der Waals surface area contributed by atoms with Crippen molar-refractivity contribution in [2.45, 2.75) is 26.4 Å². The molecule has 2 aromatic carbocycles. The number of halogens is 3. The van der Waals surface area contributed by atoms with E-state index in [1.165, 1.54) is 23.1 Å². The number of alkyl halides is 3. The topological polar surface area (TPSA) is 107 Å². The molecule has 9 nitrogen and oxygen atoms in total. The van der Waals surface area contributed by atoms with E-state index in [0.717, 1.165) is 17.8 Å². The zero-order valence-electron chi connectivity index (χ0n) is 19.4. The van der Waals surface area contributed by atoms with Crippen LogP contribution in [0.25, 0.3) is 11.4 Å².